The van der Waals surface area contributed by atoms with Gasteiger partial charge in [0, 0.05) is 5.41 Å². The van der Waals surface area contributed by atoms with E-state index in [0.717, 1.165) is 12.0 Å². The smallest absolute Gasteiger partial charge is 0.428 e. The summed E-state index contributed by atoms with van der Waals surface area (Å²) in [5, 5.41) is 0. The second kappa shape index (κ2) is 13.9. The average Bonchev–Trinajstić information content (AvgIpc) is 2.72. The number of benzene rings is 2. The highest BCUT2D eigenvalue weighted by atomic mass is 16.7. The molecule has 0 fully saturated rings. The maximum atomic E-state index is 11.7. The molecule has 2 rings (SSSR count). The van der Waals surface area contributed by atoms with Gasteiger partial charge in [0.15, 0.2) is 5.78 Å². The number of carbonyl (C=O) groups is 2. The molecule has 2 aromatic carbocycles. The molecule has 194 valence electrons. The second-order valence-electron chi connectivity index (χ2n) is 11.6. The van der Waals surface area contributed by atoms with Crippen LogP contribution in [-0.2, 0) is 21.4 Å². The van der Waals surface area contributed by atoms with Gasteiger partial charge in [-0.1, -0.05) is 91.4 Å². The predicted molar refractivity (Wildman–Crippen MR) is 147 cm³/mol. The van der Waals surface area contributed by atoms with Gasteiger partial charge in [0.05, 0.1) is 0 Å². The van der Waals surface area contributed by atoms with Gasteiger partial charge in [-0.2, -0.15) is 0 Å². The highest BCUT2D eigenvalue weighted by Gasteiger charge is 2.23. The van der Waals surface area contributed by atoms with Crippen LogP contribution in [0.1, 0.15) is 92.9 Å². The van der Waals surface area contributed by atoms with Crippen molar-refractivity contribution in [3.63, 3.8) is 0 Å². The molecule has 0 aliphatic rings. The molecule has 0 atom stereocenters. The summed E-state index contributed by atoms with van der Waals surface area (Å²) in [7, 11) is 0. The van der Waals surface area contributed by atoms with Crippen molar-refractivity contribution in [3.8, 4) is 5.75 Å². The van der Waals surface area contributed by atoms with E-state index < -0.39 is 11.8 Å². The Balaban J connectivity index is 0.000000975. The fourth-order valence-corrected chi connectivity index (χ4v) is 2.63. The second-order valence-corrected chi connectivity index (χ2v) is 11.6. The van der Waals surface area contributed by atoms with E-state index in [9.17, 15) is 9.59 Å². The fraction of sp³-hybridized carbons (Fsp3) is 0.484. The lowest BCUT2D eigenvalue weighted by Crippen LogP contribution is -2.26. The summed E-state index contributed by atoms with van der Waals surface area (Å²) in [5.41, 5.74) is 3.56. The van der Waals surface area contributed by atoms with Gasteiger partial charge in [0.1, 0.15) is 11.4 Å². The highest BCUT2D eigenvalue weighted by molar-refractivity contribution is 5.86. The maximum Gasteiger partial charge on any atom is 0.514 e. The van der Waals surface area contributed by atoms with Crippen molar-refractivity contribution < 1.29 is 19.1 Å². The zero-order chi connectivity index (χ0) is 27.4. The highest BCUT2D eigenvalue weighted by Crippen LogP contribution is 2.32. The van der Waals surface area contributed by atoms with Gasteiger partial charge < -0.3 is 9.47 Å². The average molecular weight is 483 g/mol. The molecule has 0 heterocycles. The molecule has 4 heteroatoms. The molecule has 4 nitrogen and oxygen atoms in total. The zero-order valence-corrected chi connectivity index (χ0v) is 23.7. The molecule has 0 unspecified atom stereocenters. The van der Waals surface area contributed by atoms with Crippen molar-refractivity contribution in [1.29, 1.82) is 0 Å². The Morgan fingerprint density at radius 3 is 1.49 bits per heavy atom. The van der Waals surface area contributed by atoms with Crippen LogP contribution in [0.3, 0.4) is 0 Å². The summed E-state index contributed by atoms with van der Waals surface area (Å²) in [6.07, 6.45) is 1.63. The minimum atomic E-state index is -0.685. The van der Waals surface area contributed by atoms with Crippen molar-refractivity contribution in [2.75, 3.05) is 0 Å². The number of allylic oxidation sites excluding steroid dienone is 1. The van der Waals surface area contributed by atoms with Crippen LogP contribution < -0.4 is 4.74 Å². The van der Waals surface area contributed by atoms with Crippen LogP contribution in [0.15, 0.2) is 61.2 Å². The van der Waals surface area contributed by atoms with Crippen molar-refractivity contribution in [3.05, 3.63) is 77.9 Å². The minimum absolute atomic E-state index is 0.0185. The molecule has 0 bridgehead atoms. The van der Waals surface area contributed by atoms with E-state index in [4.69, 9.17) is 9.47 Å². The van der Waals surface area contributed by atoms with Gasteiger partial charge in [0.2, 0.25) is 0 Å². The van der Waals surface area contributed by atoms with E-state index in [2.05, 4.69) is 79.3 Å². The Labute approximate surface area is 213 Å². The number of aryl methyl sites for hydroxylation is 1. The third-order valence-corrected chi connectivity index (χ3v) is 4.54. The molecule has 0 aliphatic heterocycles. The molecule has 0 saturated heterocycles. The molecule has 0 amide bonds. The Kier molecular flexibility index (Phi) is 12.7. The summed E-state index contributed by atoms with van der Waals surface area (Å²) in [6.45, 7) is 25.4. The molecule has 0 spiro atoms. The van der Waals surface area contributed by atoms with E-state index in [1.165, 1.54) is 24.1 Å². The van der Waals surface area contributed by atoms with Gasteiger partial charge in [-0.3, -0.25) is 4.79 Å². The van der Waals surface area contributed by atoms with Crippen LogP contribution in [-0.4, -0.2) is 17.5 Å². The maximum absolute atomic E-state index is 11.7. The SMILES string of the molecule is C=CC(C)=O.CC(C)(C)C.CCc1ccc(C(C)(C)c2ccc(OC(=O)OC(C)(C)C)cc2)cc1. The number of ketones is 1. The van der Waals surface area contributed by atoms with Crippen LogP contribution in [0.4, 0.5) is 4.79 Å². The topological polar surface area (TPSA) is 52.6 Å². The minimum Gasteiger partial charge on any atom is -0.428 e. The Bertz CT molecular complexity index is 916. The molecule has 2 aromatic rings. The number of hydrogen-bond acceptors (Lipinski definition) is 4. The van der Waals surface area contributed by atoms with E-state index >= 15 is 0 Å². The van der Waals surface area contributed by atoms with Gasteiger partial charge >= 0.3 is 6.16 Å². The number of hydrogen-bond donors (Lipinski definition) is 0. The first kappa shape index (κ1) is 32.1. The predicted octanol–water partition coefficient (Wildman–Crippen LogP) is 8.70. The van der Waals surface area contributed by atoms with Gasteiger partial charge in [-0.05, 0) is 74.4 Å². The fourth-order valence-electron chi connectivity index (χ4n) is 2.63. The number of carbonyl (C=O) groups excluding carboxylic acids is 2. The summed E-state index contributed by atoms with van der Waals surface area (Å²) in [4.78, 5) is 21.4. The molecular formula is C31H46O4. The quantitative estimate of drug-likeness (QED) is 0.243. The lowest BCUT2D eigenvalue weighted by Gasteiger charge is -2.26. The molecular weight excluding hydrogens is 436 g/mol. The third kappa shape index (κ3) is 14.9. The van der Waals surface area contributed by atoms with Crippen LogP contribution in [0.25, 0.3) is 0 Å². The Morgan fingerprint density at radius 1 is 0.800 bits per heavy atom. The van der Waals surface area contributed by atoms with Crippen LogP contribution >= 0.6 is 0 Å². The molecule has 0 N–H and O–H groups in total. The first-order valence-electron chi connectivity index (χ1n) is 12.1. The largest absolute Gasteiger partial charge is 0.514 e. The van der Waals surface area contributed by atoms with E-state index in [1.54, 1.807) is 12.1 Å². The monoisotopic (exact) mass is 482 g/mol. The van der Waals surface area contributed by atoms with Gasteiger partial charge in [-0.15, -0.1) is 0 Å². The van der Waals surface area contributed by atoms with Crippen molar-refractivity contribution in [2.24, 2.45) is 5.41 Å². The summed E-state index contributed by atoms with van der Waals surface area (Å²) in [6, 6.07) is 16.3. The normalized spacial score (nSPS) is 11.2. The van der Waals surface area contributed by atoms with Crippen molar-refractivity contribution in [2.45, 2.75) is 93.6 Å². The Morgan fingerprint density at radius 2 is 1.17 bits per heavy atom. The lowest BCUT2D eigenvalue weighted by atomic mass is 9.78. The standard InChI is InChI=1S/C22H28O3.C5H12.C4H6O/c1-7-16-8-10-17(11-9-16)22(5,6)18-12-14-19(15-13-18)24-20(23)25-21(2,3)4;1-5(2,3)4;1-3-4(2)5/h8-15H,7H2,1-6H3;1-4H3;3H,1H2,2H3. The molecule has 35 heavy (non-hydrogen) atoms. The van der Waals surface area contributed by atoms with E-state index in [-0.39, 0.29) is 11.2 Å². The first-order chi connectivity index (χ1) is 15.9. The molecule has 0 saturated carbocycles. The lowest BCUT2D eigenvalue weighted by molar-refractivity contribution is -0.112. The van der Waals surface area contributed by atoms with Crippen LogP contribution in [0.5, 0.6) is 5.75 Å². The van der Waals surface area contributed by atoms with Gasteiger partial charge in [-0.25, -0.2) is 4.79 Å². The van der Waals surface area contributed by atoms with E-state index in [0.29, 0.717) is 11.2 Å². The zero-order valence-electron chi connectivity index (χ0n) is 23.7. The van der Waals surface area contributed by atoms with E-state index in [1.807, 2.05) is 32.9 Å². The Hall–Kier alpha value is -2.88. The summed E-state index contributed by atoms with van der Waals surface area (Å²) < 4.78 is 10.4. The first-order valence-corrected chi connectivity index (χ1v) is 12.1. The molecule has 0 radical (unpaired) electrons. The van der Waals surface area contributed by atoms with Crippen LogP contribution in [0, 0.1) is 5.41 Å². The van der Waals surface area contributed by atoms with Crippen LogP contribution in [0.2, 0.25) is 0 Å². The summed E-state index contributed by atoms with van der Waals surface area (Å²) >= 11 is 0. The van der Waals surface area contributed by atoms with Crippen molar-refractivity contribution >= 4 is 11.9 Å². The number of rotatable bonds is 5. The summed E-state index contributed by atoms with van der Waals surface area (Å²) in [5.74, 6) is 0.500. The molecule has 0 aliphatic carbocycles. The van der Waals surface area contributed by atoms with Gasteiger partial charge in [0.25, 0.3) is 0 Å². The third-order valence-electron chi connectivity index (χ3n) is 4.54. The number of ether oxygens (including phenoxy) is 2. The molecule has 0 aromatic heterocycles. The van der Waals surface area contributed by atoms with Crippen molar-refractivity contribution in [1.82, 2.24) is 0 Å².